The van der Waals surface area contributed by atoms with Gasteiger partial charge in [-0.3, -0.25) is 10.1 Å². The van der Waals surface area contributed by atoms with Crippen molar-refractivity contribution in [1.29, 1.82) is 0 Å². The summed E-state index contributed by atoms with van der Waals surface area (Å²) in [6, 6.07) is 15.5. The van der Waals surface area contributed by atoms with Gasteiger partial charge in [0.2, 0.25) is 0 Å². The van der Waals surface area contributed by atoms with Gasteiger partial charge in [-0.05, 0) is 48.7 Å². The number of hydrogen-bond acceptors (Lipinski definition) is 5. The molecule has 0 aliphatic heterocycles. The second-order valence-electron chi connectivity index (χ2n) is 6.52. The fourth-order valence-electron chi connectivity index (χ4n) is 2.74. The van der Waals surface area contributed by atoms with Crippen LogP contribution < -0.4 is 14.8 Å². The molecule has 0 radical (unpaired) electrons. The lowest BCUT2D eigenvalue weighted by Gasteiger charge is -2.13. The smallest absolute Gasteiger partial charge is 0.264 e. The van der Waals surface area contributed by atoms with Crippen molar-refractivity contribution in [3.63, 3.8) is 0 Å². The predicted molar refractivity (Wildman–Crippen MR) is 113 cm³/mol. The van der Waals surface area contributed by atoms with Crippen LogP contribution in [0.25, 0.3) is 11.3 Å². The first kappa shape index (κ1) is 19.9. The molecule has 1 amide bonds. The molecule has 0 fully saturated rings. The molecule has 0 bridgehead atoms. The van der Waals surface area contributed by atoms with Crippen molar-refractivity contribution in [3.8, 4) is 22.8 Å². The van der Waals surface area contributed by atoms with Gasteiger partial charge in [0.15, 0.2) is 11.7 Å². The lowest BCUT2D eigenvalue weighted by molar-refractivity contribution is -0.118. The zero-order chi connectivity index (χ0) is 19.9. The standard InChI is InChI=1S/C22H24N2O3S/c1-4-26-17-11-9-16(10-12-17)19-14-28-22(23-19)24-21(25)13-27-20-8-6-5-7-18(20)15(2)3/h5-12,14-15H,4,13H2,1-3H3,(H,23,24,25). The van der Waals surface area contributed by atoms with Gasteiger partial charge in [0.05, 0.1) is 12.3 Å². The number of benzene rings is 2. The van der Waals surface area contributed by atoms with Gasteiger partial charge < -0.3 is 9.47 Å². The summed E-state index contributed by atoms with van der Waals surface area (Å²) in [7, 11) is 0. The summed E-state index contributed by atoms with van der Waals surface area (Å²) in [5.41, 5.74) is 2.87. The summed E-state index contributed by atoms with van der Waals surface area (Å²) in [6.07, 6.45) is 0. The largest absolute Gasteiger partial charge is 0.494 e. The third kappa shape index (κ3) is 5.10. The average Bonchev–Trinajstić information content (AvgIpc) is 3.16. The van der Waals surface area contributed by atoms with E-state index in [9.17, 15) is 4.79 Å². The van der Waals surface area contributed by atoms with Crippen molar-refractivity contribution in [1.82, 2.24) is 4.98 Å². The Balaban J connectivity index is 1.58. The number of carbonyl (C=O) groups is 1. The van der Waals surface area contributed by atoms with E-state index >= 15 is 0 Å². The molecular weight excluding hydrogens is 372 g/mol. The highest BCUT2D eigenvalue weighted by Gasteiger charge is 2.11. The average molecular weight is 397 g/mol. The van der Waals surface area contributed by atoms with Gasteiger partial charge in [0.1, 0.15) is 11.5 Å². The highest BCUT2D eigenvalue weighted by Crippen LogP contribution is 2.27. The van der Waals surface area contributed by atoms with Gasteiger partial charge >= 0.3 is 0 Å². The van der Waals surface area contributed by atoms with Gasteiger partial charge in [0.25, 0.3) is 5.91 Å². The van der Waals surface area contributed by atoms with Gasteiger partial charge in [-0.2, -0.15) is 0 Å². The number of thiazole rings is 1. The zero-order valence-electron chi connectivity index (χ0n) is 16.3. The number of carbonyl (C=O) groups excluding carboxylic acids is 1. The normalized spacial score (nSPS) is 10.7. The van der Waals surface area contributed by atoms with Crippen LogP contribution in [-0.2, 0) is 4.79 Å². The maximum atomic E-state index is 12.2. The Labute approximate surface area is 169 Å². The molecule has 1 heterocycles. The highest BCUT2D eigenvalue weighted by atomic mass is 32.1. The molecule has 0 saturated heterocycles. The van der Waals surface area contributed by atoms with Gasteiger partial charge in [0, 0.05) is 10.9 Å². The molecule has 3 rings (SSSR count). The maximum absolute atomic E-state index is 12.2. The molecule has 0 unspecified atom stereocenters. The van der Waals surface area contributed by atoms with Gasteiger partial charge in [-0.1, -0.05) is 32.0 Å². The van der Waals surface area contributed by atoms with E-state index in [1.54, 1.807) is 0 Å². The summed E-state index contributed by atoms with van der Waals surface area (Å²) in [4.78, 5) is 16.7. The predicted octanol–water partition coefficient (Wildman–Crippen LogP) is 5.35. The fourth-order valence-corrected chi connectivity index (χ4v) is 3.48. The summed E-state index contributed by atoms with van der Waals surface area (Å²) in [6.45, 7) is 6.73. The molecule has 0 spiro atoms. The summed E-state index contributed by atoms with van der Waals surface area (Å²) in [5.74, 6) is 1.66. The van der Waals surface area contributed by atoms with Crippen LogP contribution in [0.1, 0.15) is 32.3 Å². The van der Waals surface area contributed by atoms with E-state index < -0.39 is 0 Å². The van der Waals surface area contributed by atoms with Crippen LogP contribution in [0.5, 0.6) is 11.5 Å². The van der Waals surface area contributed by atoms with Crippen LogP contribution in [0.2, 0.25) is 0 Å². The van der Waals surface area contributed by atoms with Crippen molar-refractivity contribution in [2.24, 2.45) is 0 Å². The van der Waals surface area contributed by atoms with E-state index in [2.05, 4.69) is 24.1 Å². The number of aromatic nitrogens is 1. The lowest BCUT2D eigenvalue weighted by atomic mass is 10.0. The first-order chi connectivity index (χ1) is 13.6. The van der Waals surface area contributed by atoms with E-state index in [4.69, 9.17) is 9.47 Å². The van der Waals surface area contributed by atoms with Crippen molar-refractivity contribution in [2.75, 3.05) is 18.5 Å². The molecule has 6 heteroatoms. The Bertz CT molecular complexity index is 920. The molecule has 1 aromatic heterocycles. The van der Waals surface area contributed by atoms with Crippen LogP contribution in [0.15, 0.2) is 53.9 Å². The van der Waals surface area contributed by atoms with E-state index in [0.29, 0.717) is 17.7 Å². The molecule has 0 atom stereocenters. The quantitative estimate of drug-likeness (QED) is 0.558. The third-order valence-electron chi connectivity index (χ3n) is 4.11. The molecule has 3 aromatic rings. The van der Waals surface area contributed by atoms with E-state index in [1.807, 2.05) is 60.8 Å². The van der Waals surface area contributed by atoms with Crippen LogP contribution in [0.4, 0.5) is 5.13 Å². The highest BCUT2D eigenvalue weighted by molar-refractivity contribution is 7.14. The summed E-state index contributed by atoms with van der Waals surface area (Å²) >= 11 is 1.39. The summed E-state index contributed by atoms with van der Waals surface area (Å²) in [5, 5.41) is 5.27. The number of rotatable bonds is 8. The molecule has 146 valence electrons. The van der Waals surface area contributed by atoms with Gasteiger partial charge in [-0.25, -0.2) is 4.98 Å². The number of anilines is 1. The van der Waals surface area contributed by atoms with Crippen LogP contribution in [-0.4, -0.2) is 24.1 Å². The van der Waals surface area contributed by atoms with E-state index in [-0.39, 0.29) is 12.5 Å². The zero-order valence-corrected chi connectivity index (χ0v) is 17.1. The Morgan fingerprint density at radius 1 is 1.11 bits per heavy atom. The first-order valence-electron chi connectivity index (χ1n) is 9.27. The number of nitrogens with one attached hydrogen (secondary N) is 1. The van der Waals surface area contributed by atoms with Crippen LogP contribution in [0, 0.1) is 0 Å². The fraction of sp³-hybridized carbons (Fsp3) is 0.273. The van der Waals surface area contributed by atoms with Crippen molar-refractivity contribution < 1.29 is 14.3 Å². The second-order valence-corrected chi connectivity index (χ2v) is 7.38. The minimum Gasteiger partial charge on any atom is -0.494 e. The number of hydrogen-bond donors (Lipinski definition) is 1. The molecule has 0 aliphatic rings. The molecular formula is C22H24N2O3S. The Hall–Kier alpha value is -2.86. The number of nitrogens with zero attached hydrogens (tertiary/aromatic N) is 1. The minimum atomic E-state index is -0.230. The van der Waals surface area contributed by atoms with Crippen molar-refractivity contribution >= 4 is 22.4 Å². The molecule has 0 saturated carbocycles. The monoisotopic (exact) mass is 396 g/mol. The number of ether oxygens (including phenoxy) is 2. The molecule has 28 heavy (non-hydrogen) atoms. The second kappa shape index (κ2) is 9.37. The van der Waals surface area contributed by atoms with Gasteiger partial charge in [-0.15, -0.1) is 11.3 Å². The molecule has 2 aromatic carbocycles. The summed E-state index contributed by atoms with van der Waals surface area (Å²) < 4.78 is 11.2. The Morgan fingerprint density at radius 2 is 1.86 bits per heavy atom. The Kier molecular flexibility index (Phi) is 6.66. The van der Waals surface area contributed by atoms with Crippen molar-refractivity contribution in [2.45, 2.75) is 26.7 Å². The Morgan fingerprint density at radius 3 is 2.57 bits per heavy atom. The third-order valence-corrected chi connectivity index (χ3v) is 4.87. The number of para-hydroxylation sites is 1. The molecule has 0 aliphatic carbocycles. The van der Waals surface area contributed by atoms with Crippen molar-refractivity contribution in [3.05, 3.63) is 59.5 Å². The first-order valence-corrected chi connectivity index (χ1v) is 10.1. The van der Waals surface area contributed by atoms with Crippen LogP contribution >= 0.6 is 11.3 Å². The SMILES string of the molecule is CCOc1ccc(-c2csc(NC(=O)COc3ccccc3C(C)C)n2)cc1. The number of amides is 1. The van der Waals surface area contributed by atoms with Crippen LogP contribution in [0.3, 0.4) is 0 Å². The molecule has 5 nitrogen and oxygen atoms in total. The van der Waals surface area contributed by atoms with E-state index in [1.165, 1.54) is 11.3 Å². The minimum absolute atomic E-state index is 0.0539. The van der Waals surface area contributed by atoms with E-state index in [0.717, 1.165) is 28.3 Å². The maximum Gasteiger partial charge on any atom is 0.264 e. The lowest BCUT2D eigenvalue weighted by Crippen LogP contribution is -2.20. The topological polar surface area (TPSA) is 60.5 Å². The molecule has 1 N–H and O–H groups in total.